The highest BCUT2D eigenvalue weighted by Crippen LogP contribution is 2.43. The number of halogens is 2. The molecule has 1 saturated heterocycles. The summed E-state index contributed by atoms with van der Waals surface area (Å²) in [7, 11) is 1.81. The van der Waals surface area contributed by atoms with Crippen molar-refractivity contribution in [3.05, 3.63) is 64.2 Å². The Labute approximate surface area is 216 Å². The summed E-state index contributed by atoms with van der Waals surface area (Å²) in [4.78, 5) is 26.2. The van der Waals surface area contributed by atoms with Gasteiger partial charge in [-0.2, -0.15) is 5.26 Å². The third-order valence-electron chi connectivity index (χ3n) is 6.90. The van der Waals surface area contributed by atoms with Gasteiger partial charge < -0.3 is 15.1 Å². The number of benzene rings is 2. The Morgan fingerprint density at radius 1 is 1.08 bits per heavy atom. The lowest BCUT2D eigenvalue weighted by Gasteiger charge is -2.30. The number of rotatable bonds is 4. The van der Waals surface area contributed by atoms with Crippen molar-refractivity contribution in [3.8, 4) is 17.3 Å². The zero-order valence-electron chi connectivity index (χ0n) is 20.0. The van der Waals surface area contributed by atoms with Crippen LogP contribution in [-0.4, -0.2) is 49.0 Å². The third kappa shape index (κ3) is 4.00. The Hall–Kier alpha value is -3.94. The number of pyridine rings is 1. The Kier molecular flexibility index (Phi) is 5.82. The molecule has 1 aliphatic heterocycles. The molecule has 1 N–H and O–H groups in total. The van der Waals surface area contributed by atoms with Gasteiger partial charge in [-0.25, -0.2) is 18.7 Å². The van der Waals surface area contributed by atoms with Crippen molar-refractivity contribution in [2.45, 2.75) is 12.8 Å². The van der Waals surface area contributed by atoms with Crippen molar-refractivity contribution in [1.29, 1.82) is 5.26 Å². The second kappa shape index (κ2) is 9.18. The van der Waals surface area contributed by atoms with E-state index in [9.17, 15) is 14.4 Å². The monoisotopic (exact) mass is 516 g/mol. The summed E-state index contributed by atoms with van der Waals surface area (Å²) in [5.74, 6) is -0.964. The minimum absolute atomic E-state index is 0.110. The number of carbonyl (C=O) groups is 1. The molecule has 37 heavy (non-hydrogen) atoms. The van der Waals surface area contributed by atoms with E-state index in [1.54, 1.807) is 12.1 Å². The molecular weight excluding hydrogens is 494 g/mol. The number of hydrogen-bond donors (Lipinski definition) is 1. The van der Waals surface area contributed by atoms with Crippen molar-refractivity contribution in [1.82, 2.24) is 15.3 Å². The summed E-state index contributed by atoms with van der Waals surface area (Å²) in [5.41, 5.74) is 3.70. The first kappa shape index (κ1) is 23.5. The highest BCUT2D eigenvalue weighted by atomic mass is 32.1. The summed E-state index contributed by atoms with van der Waals surface area (Å²) >= 11 is 1.19. The zero-order chi connectivity index (χ0) is 25.7. The van der Waals surface area contributed by atoms with Crippen LogP contribution >= 0.6 is 11.3 Å². The molecule has 2 aromatic carbocycles. The Balaban J connectivity index is 1.54. The Bertz CT molecular complexity index is 1590. The van der Waals surface area contributed by atoms with Gasteiger partial charge in [-0.3, -0.25) is 4.79 Å². The van der Waals surface area contributed by atoms with Gasteiger partial charge in [0.25, 0.3) is 0 Å². The molecule has 1 aliphatic carbocycles. The number of hydrogen-bond acceptors (Lipinski definition) is 8. The molecule has 0 spiro atoms. The number of nitriles is 1. The Morgan fingerprint density at radius 2 is 1.84 bits per heavy atom. The van der Waals surface area contributed by atoms with Crippen molar-refractivity contribution in [3.63, 3.8) is 0 Å². The predicted molar refractivity (Wildman–Crippen MR) is 140 cm³/mol. The van der Waals surface area contributed by atoms with E-state index >= 15 is 4.39 Å². The number of anilines is 3. The van der Waals surface area contributed by atoms with E-state index in [2.05, 4.69) is 21.3 Å². The maximum atomic E-state index is 15.5. The molecule has 0 radical (unpaired) electrons. The van der Waals surface area contributed by atoms with Gasteiger partial charge >= 0.3 is 0 Å². The van der Waals surface area contributed by atoms with Gasteiger partial charge in [0.15, 0.2) is 16.7 Å². The van der Waals surface area contributed by atoms with E-state index in [-0.39, 0.29) is 17.1 Å². The fourth-order valence-corrected chi connectivity index (χ4v) is 5.93. The minimum atomic E-state index is -0.480. The molecule has 10 heteroatoms. The van der Waals surface area contributed by atoms with Gasteiger partial charge in [-0.15, -0.1) is 0 Å². The summed E-state index contributed by atoms with van der Waals surface area (Å²) in [6, 6.07) is 11.4. The van der Waals surface area contributed by atoms with E-state index in [4.69, 9.17) is 4.98 Å². The van der Waals surface area contributed by atoms with Crippen molar-refractivity contribution in [2.75, 3.05) is 43.0 Å². The van der Waals surface area contributed by atoms with E-state index in [0.29, 0.717) is 50.9 Å². The van der Waals surface area contributed by atoms with Gasteiger partial charge in [0, 0.05) is 61.8 Å². The largest absolute Gasteiger partial charge is 0.369 e. The molecule has 2 aromatic heterocycles. The molecule has 186 valence electrons. The normalized spacial score (nSPS) is 15.2. The van der Waals surface area contributed by atoms with Crippen LogP contribution in [0.4, 0.5) is 25.3 Å². The molecule has 6 rings (SSSR count). The van der Waals surface area contributed by atoms with Crippen LogP contribution in [0.1, 0.15) is 27.3 Å². The molecule has 1 fully saturated rings. The maximum absolute atomic E-state index is 15.5. The number of Topliss-reactive ketones (excluding diaryl/α,β-unsaturated/α-hetero) is 1. The molecule has 0 amide bonds. The van der Waals surface area contributed by atoms with Crippen molar-refractivity contribution < 1.29 is 13.6 Å². The predicted octanol–water partition coefficient (Wildman–Crippen LogP) is 4.81. The summed E-state index contributed by atoms with van der Waals surface area (Å²) < 4.78 is 29.0. The number of carbonyl (C=O) groups excluding carboxylic acids is 1. The standard InChI is InChI=1S/C27H22F2N6OS/c1-34(27-33-23(22(14-30)37-27)15-2-4-16(28)5-3-15)26-18-6-7-21(36)25(18)32-24-19(26)12-17(13-20(24)29)35-10-8-31-9-11-35/h2-5,12-13,31H,6-11H2,1H3. The van der Waals surface area contributed by atoms with E-state index in [0.717, 1.165) is 37.4 Å². The fourth-order valence-electron chi connectivity index (χ4n) is 5.07. The minimum Gasteiger partial charge on any atom is -0.369 e. The maximum Gasteiger partial charge on any atom is 0.191 e. The van der Waals surface area contributed by atoms with Crippen LogP contribution in [0.3, 0.4) is 0 Å². The van der Waals surface area contributed by atoms with Gasteiger partial charge in [0.05, 0.1) is 5.69 Å². The molecule has 2 aliphatic rings. The molecule has 4 aromatic rings. The number of nitrogens with zero attached hydrogens (tertiary/aromatic N) is 5. The number of nitrogens with one attached hydrogen (secondary N) is 1. The SMILES string of the molecule is CN(c1nc(-c2ccc(F)cc2)c(C#N)s1)c1c2c(nc3c(F)cc(N4CCNCC4)cc13)C(=O)CC2. The average molecular weight is 517 g/mol. The van der Waals surface area contributed by atoms with Gasteiger partial charge in [0.1, 0.15) is 33.7 Å². The second-order valence-electron chi connectivity index (χ2n) is 9.12. The quantitative estimate of drug-likeness (QED) is 0.417. The molecule has 0 unspecified atom stereocenters. The van der Waals surface area contributed by atoms with Crippen LogP contribution < -0.4 is 15.1 Å². The lowest BCUT2D eigenvalue weighted by atomic mass is 10.0. The third-order valence-corrected chi connectivity index (χ3v) is 7.94. The van der Waals surface area contributed by atoms with Crippen LogP contribution in [-0.2, 0) is 6.42 Å². The molecular formula is C27H22F2N6OS. The topological polar surface area (TPSA) is 85.2 Å². The van der Waals surface area contributed by atoms with Crippen molar-refractivity contribution >= 4 is 44.5 Å². The van der Waals surface area contributed by atoms with Crippen LogP contribution in [0, 0.1) is 23.0 Å². The fraction of sp³-hybridized carbons (Fsp3) is 0.259. The zero-order valence-corrected chi connectivity index (χ0v) is 20.8. The Morgan fingerprint density at radius 3 is 2.57 bits per heavy atom. The number of thiazole rings is 1. The lowest BCUT2D eigenvalue weighted by Crippen LogP contribution is -2.43. The lowest BCUT2D eigenvalue weighted by molar-refractivity contribution is 0.0990. The van der Waals surface area contributed by atoms with E-state index < -0.39 is 5.82 Å². The van der Waals surface area contributed by atoms with E-state index in [1.807, 2.05) is 18.0 Å². The molecule has 0 bridgehead atoms. The number of ketones is 1. The first-order chi connectivity index (χ1) is 17.9. The molecule has 0 atom stereocenters. The van der Waals surface area contributed by atoms with Crippen LogP contribution in [0.5, 0.6) is 0 Å². The molecule has 0 saturated carbocycles. The van der Waals surface area contributed by atoms with Crippen LogP contribution in [0.25, 0.3) is 22.2 Å². The average Bonchev–Trinajstić information content (AvgIpc) is 3.52. The first-order valence-electron chi connectivity index (χ1n) is 12.0. The van der Waals surface area contributed by atoms with E-state index in [1.165, 1.54) is 29.5 Å². The van der Waals surface area contributed by atoms with Gasteiger partial charge in [0.2, 0.25) is 0 Å². The molecule has 3 heterocycles. The number of aromatic nitrogens is 2. The van der Waals surface area contributed by atoms with Gasteiger partial charge in [-0.05, 0) is 42.8 Å². The second-order valence-corrected chi connectivity index (χ2v) is 10.1. The number of fused-ring (bicyclic) bond motifs is 2. The van der Waals surface area contributed by atoms with Gasteiger partial charge in [-0.1, -0.05) is 11.3 Å². The number of piperazine rings is 1. The van der Waals surface area contributed by atoms with Crippen molar-refractivity contribution in [2.24, 2.45) is 0 Å². The summed E-state index contributed by atoms with van der Waals surface area (Å²) in [6.07, 6.45) is 0.811. The summed E-state index contributed by atoms with van der Waals surface area (Å²) in [5, 5.41) is 14.2. The van der Waals surface area contributed by atoms with Crippen LogP contribution in [0.2, 0.25) is 0 Å². The highest BCUT2D eigenvalue weighted by Gasteiger charge is 2.31. The first-order valence-corrected chi connectivity index (χ1v) is 12.8. The summed E-state index contributed by atoms with van der Waals surface area (Å²) in [6.45, 7) is 3.13. The highest BCUT2D eigenvalue weighted by molar-refractivity contribution is 7.16. The van der Waals surface area contributed by atoms with Crippen LogP contribution in [0.15, 0.2) is 36.4 Å². The molecule has 7 nitrogen and oxygen atoms in total. The smallest absolute Gasteiger partial charge is 0.191 e.